The summed E-state index contributed by atoms with van der Waals surface area (Å²) in [6.45, 7) is -0.632. The van der Waals surface area contributed by atoms with E-state index in [1.165, 1.54) is 24.3 Å². The Kier molecular flexibility index (Phi) is 6.45. The third-order valence-electron chi connectivity index (χ3n) is 2.06. The Morgan fingerprint density at radius 3 is 2.19 bits per heavy atom. The van der Waals surface area contributed by atoms with Crippen LogP contribution in [0.3, 0.4) is 0 Å². The van der Waals surface area contributed by atoms with Gasteiger partial charge in [0.15, 0.2) is 0 Å². The van der Waals surface area contributed by atoms with Crippen molar-refractivity contribution in [1.29, 1.82) is 5.26 Å². The van der Waals surface area contributed by atoms with E-state index in [4.69, 9.17) is 51.7 Å². The van der Waals surface area contributed by atoms with Crippen LogP contribution < -0.4 is 0 Å². The van der Waals surface area contributed by atoms with Gasteiger partial charge >= 0.3 is 4.59 Å². The zero-order valence-corrected chi connectivity index (χ0v) is 14.7. The first-order chi connectivity index (χ1) is 9.52. The molecule has 21 heavy (non-hydrogen) atoms. The van der Waals surface area contributed by atoms with Gasteiger partial charge in [-0.25, -0.2) is 12.8 Å². The van der Waals surface area contributed by atoms with Crippen LogP contribution in [-0.2, 0) is 10.0 Å². The summed E-state index contributed by atoms with van der Waals surface area (Å²) in [7, 11) is -4.14. The molecule has 0 aromatic heterocycles. The summed E-state index contributed by atoms with van der Waals surface area (Å²) in [6.07, 6.45) is 0. The van der Waals surface area contributed by atoms with Crippen molar-refractivity contribution >= 4 is 68.4 Å². The highest BCUT2D eigenvalue weighted by atomic mass is 35.5. The Balaban J connectivity index is 3.17. The first-order valence-electron chi connectivity index (χ1n) is 5.11. The minimum atomic E-state index is -4.14. The van der Waals surface area contributed by atoms with Gasteiger partial charge in [0.2, 0.25) is 3.67 Å². The number of halogens is 5. The summed E-state index contributed by atoms with van der Waals surface area (Å²) in [4.78, 5) is -0.120. The molecule has 0 atom stereocenters. The second-order valence-corrected chi connectivity index (χ2v) is 9.88. The highest BCUT2D eigenvalue weighted by Crippen LogP contribution is 2.53. The molecule has 1 aromatic rings. The Morgan fingerprint density at radius 2 is 1.76 bits per heavy atom. The lowest BCUT2D eigenvalue weighted by Crippen LogP contribution is -2.36. The third-order valence-corrected chi connectivity index (χ3v) is 7.36. The van der Waals surface area contributed by atoms with E-state index in [0.29, 0.717) is 3.71 Å². The molecule has 0 aliphatic heterocycles. The molecular weight excluding hydrogens is 405 g/mol. The van der Waals surface area contributed by atoms with Crippen LogP contribution in [0.2, 0.25) is 0 Å². The lowest BCUT2D eigenvalue weighted by molar-refractivity contribution is 0.399. The number of nitriles is 1. The Labute approximate surface area is 145 Å². The highest BCUT2D eigenvalue weighted by molar-refractivity contribution is 8.11. The normalized spacial score (nSPS) is 13.2. The molecule has 1 aromatic carbocycles. The maximum atomic E-state index is 13.5. The van der Waals surface area contributed by atoms with E-state index in [1.54, 1.807) is 12.1 Å². The van der Waals surface area contributed by atoms with Crippen LogP contribution in [0.15, 0.2) is 35.2 Å². The first kappa shape index (κ1) is 19.1. The standard InChI is InChI=1S/C10H7Cl4FN2O2S2/c11-9(12,15)10(13,14)20-17(7-6-16)21(18,19)8-4-2-1-3-5-8/h1-5H,7H2. The Hall–Kier alpha value is 0.0600. The number of alkyl halides is 5. The summed E-state index contributed by atoms with van der Waals surface area (Å²) in [6, 6.07) is 8.80. The lowest BCUT2D eigenvalue weighted by Gasteiger charge is -2.29. The van der Waals surface area contributed by atoms with Crippen molar-refractivity contribution in [2.24, 2.45) is 0 Å². The van der Waals surface area contributed by atoms with Crippen LogP contribution in [0.25, 0.3) is 0 Å². The van der Waals surface area contributed by atoms with E-state index in [0.717, 1.165) is 0 Å². The molecule has 0 amide bonds. The van der Waals surface area contributed by atoms with E-state index in [9.17, 15) is 12.8 Å². The van der Waals surface area contributed by atoms with E-state index < -0.39 is 24.8 Å². The van der Waals surface area contributed by atoms with Crippen LogP contribution in [-0.4, -0.2) is 26.9 Å². The minimum absolute atomic E-state index is 0.0951. The molecule has 0 spiro atoms. The van der Waals surface area contributed by atoms with Crippen LogP contribution >= 0.6 is 58.4 Å². The van der Waals surface area contributed by atoms with Crippen molar-refractivity contribution in [3.8, 4) is 6.07 Å². The van der Waals surface area contributed by atoms with Crippen molar-refractivity contribution in [3.63, 3.8) is 0 Å². The monoisotopic (exact) mass is 410 g/mol. The van der Waals surface area contributed by atoms with Crippen molar-refractivity contribution < 1.29 is 12.8 Å². The van der Waals surface area contributed by atoms with Gasteiger partial charge in [-0.05, 0) is 24.1 Å². The van der Waals surface area contributed by atoms with Gasteiger partial charge in [-0.2, -0.15) is 5.26 Å². The molecule has 1 rings (SSSR count). The molecule has 0 N–H and O–H groups in total. The summed E-state index contributed by atoms with van der Waals surface area (Å²) >= 11 is 21.7. The predicted octanol–water partition coefficient (Wildman–Crippen LogP) is 4.08. The maximum Gasteiger partial charge on any atom is 0.301 e. The Morgan fingerprint density at radius 1 is 1.24 bits per heavy atom. The fourth-order valence-electron chi connectivity index (χ4n) is 1.11. The van der Waals surface area contributed by atoms with Gasteiger partial charge in [0.25, 0.3) is 10.0 Å². The molecule has 0 aliphatic rings. The fourth-order valence-corrected chi connectivity index (χ4v) is 4.50. The second kappa shape index (κ2) is 7.09. The topological polar surface area (TPSA) is 61.2 Å². The molecule has 11 heteroatoms. The van der Waals surface area contributed by atoms with Crippen molar-refractivity contribution in [2.75, 3.05) is 6.54 Å². The minimum Gasteiger partial charge on any atom is -0.206 e. The van der Waals surface area contributed by atoms with Gasteiger partial charge in [0.1, 0.15) is 6.54 Å². The molecule has 0 fully saturated rings. The predicted molar refractivity (Wildman–Crippen MR) is 83.5 cm³/mol. The number of rotatable bonds is 6. The molecule has 0 radical (unpaired) electrons. The SMILES string of the molecule is N#CCN(SC(Cl)(Cl)C(F)(Cl)Cl)S(=O)(=O)c1ccccc1. The molecule has 0 bridgehead atoms. The fraction of sp³-hybridized carbons (Fsp3) is 0.300. The summed E-state index contributed by atoms with van der Waals surface area (Å²) in [5.74, 6) is 0. The summed E-state index contributed by atoms with van der Waals surface area (Å²) in [5, 5.41) is 8.73. The molecule has 4 nitrogen and oxygen atoms in total. The number of benzene rings is 1. The molecule has 0 unspecified atom stereocenters. The average Bonchev–Trinajstić information content (AvgIpc) is 2.37. The number of sulfonamides is 1. The second-order valence-electron chi connectivity index (χ2n) is 3.54. The van der Waals surface area contributed by atoms with Crippen molar-refractivity contribution in [2.45, 2.75) is 13.1 Å². The largest absolute Gasteiger partial charge is 0.301 e. The molecule has 0 heterocycles. The van der Waals surface area contributed by atoms with Gasteiger partial charge in [-0.3, -0.25) is 0 Å². The number of nitrogens with zero attached hydrogens (tertiary/aromatic N) is 2. The Bertz CT molecular complexity index is 629. The summed E-state index contributed by atoms with van der Waals surface area (Å²) < 4.78 is 33.1. The van der Waals surface area contributed by atoms with Gasteiger partial charge in [-0.15, -0.1) is 3.71 Å². The zero-order valence-electron chi connectivity index (χ0n) is 10.0. The lowest BCUT2D eigenvalue weighted by atomic mass is 10.4. The van der Waals surface area contributed by atoms with Crippen LogP contribution in [0.4, 0.5) is 4.39 Å². The molecule has 0 saturated heterocycles. The quantitative estimate of drug-likeness (QED) is 0.402. The van der Waals surface area contributed by atoms with Crippen molar-refractivity contribution in [3.05, 3.63) is 30.3 Å². The van der Waals surface area contributed by atoms with Gasteiger partial charge in [0, 0.05) is 0 Å². The van der Waals surface area contributed by atoms with Crippen LogP contribution in [0, 0.1) is 11.3 Å². The van der Waals surface area contributed by atoms with Gasteiger partial charge in [-0.1, -0.05) is 64.6 Å². The smallest absolute Gasteiger partial charge is 0.206 e. The molecule has 0 aliphatic carbocycles. The van der Waals surface area contributed by atoms with Gasteiger partial charge in [0.05, 0.1) is 11.0 Å². The average molecular weight is 412 g/mol. The van der Waals surface area contributed by atoms with Crippen molar-refractivity contribution in [1.82, 2.24) is 3.71 Å². The van der Waals surface area contributed by atoms with Crippen LogP contribution in [0.5, 0.6) is 0 Å². The maximum absolute atomic E-state index is 13.5. The van der Waals surface area contributed by atoms with E-state index in [-0.39, 0.29) is 16.8 Å². The van der Waals surface area contributed by atoms with Gasteiger partial charge < -0.3 is 0 Å². The number of hydrogen-bond acceptors (Lipinski definition) is 4. The third kappa shape index (κ3) is 4.76. The van der Waals surface area contributed by atoms with E-state index in [2.05, 4.69) is 0 Å². The molecule has 0 saturated carbocycles. The highest BCUT2D eigenvalue weighted by Gasteiger charge is 2.52. The molecular formula is C10H7Cl4FN2O2S2. The van der Waals surface area contributed by atoms with Crippen LogP contribution in [0.1, 0.15) is 0 Å². The zero-order chi connectivity index (χ0) is 16.3. The van der Waals surface area contributed by atoms with E-state index >= 15 is 0 Å². The molecule has 116 valence electrons. The number of hydrogen-bond donors (Lipinski definition) is 0. The van der Waals surface area contributed by atoms with E-state index in [1.807, 2.05) is 0 Å². The summed E-state index contributed by atoms with van der Waals surface area (Å²) in [5.41, 5.74) is 0. The first-order valence-corrected chi connectivity index (χ1v) is 8.83.